The van der Waals surface area contributed by atoms with Crippen LogP contribution in [-0.4, -0.2) is 115 Å². The monoisotopic (exact) mass is 734 g/mol. The molecule has 0 saturated heterocycles. The standard InChI is InChI=1S/C34H38O18/c1-14(31(45)51-21(29(41)42)13-22(36)37)49-32(46)16(11-18(35)25(39)26(40)30(43)44)12-23(38)50-20-7-9-34(47)17-4-3-8-33(34)24-15(10-17)5-6-19(48-2)27(24)52-28(20)33/h5-7,14,16-17,21,25-26,28,39-40,47H,3-4,8-13H2,1-2H3,(H,36,37)(H,41,42)(H,43,44)/t14-,16-,17-,21-,25-,26+,28+,33+,34-/m0/s1. The van der Waals surface area contributed by atoms with E-state index in [0.717, 1.165) is 30.9 Å². The third kappa shape index (κ3) is 6.68. The first kappa shape index (κ1) is 38.2. The third-order valence-corrected chi connectivity index (χ3v) is 10.3. The van der Waals surface area contributed by atoms with E-state index in [1.54, 1.807) is 6.07 Å². The van der Waals surface area contributed by atoms with Crippen molar-refractivity contribution in [3.8, 4) is 11.5 Å². The number of carboxylic acids is 3. The summed E-state index contributed by atoms with van der Waals surface area (Å²) in [5.41, 5.74) is -0.517. The number of aliphatic hydroxyl groups excluding tert-OH is 2. The fraction of sp³-hybridized carbons (Fsp3) is 0.559. The normalized spacial score (nSPS) is 26.4. The average molecular weight is 735 g/mol. The Labute approximate surface area is 294 Å². The highest BCUT2D eigenvalue weighted by Gasteiger charge is 2.71. The van der Waals surface area contributed by atoms with E-state index in [9.17, 15) is 48.9 Å². The van der Waals surface area contributed by atoms with E-state index < -0.39 is 108 Å². The Hall–Kier alpha value is -5.07. The van der Waals surface area contributed by atoms with E-state index in [4.69, 9.17) is 34.3 Å². The van der Waals surface area contributed by atoms with Crippen LogP contribution in [0.15, 0.2) is 24.0 Å². The van der Waals surface area contributed by atoms with Crippen LogP contribution in [-0.2, 0) is 59.6 Å². The number of carbonyl (C=O) groups is 7. The molecule has 3 aliphatic carbocycles. The Kier molecular flexibility index (Phi) is 10.7. The predicted molar refractivity (Wildman–Crippen MR) is 167 cm³/mol. The molecule has 0 aromatic heterocycles. The molecule has 1 aromatic carbocycles. The van der Waals surface area contributed by atoms with Gasteiger partial charge in [0.05, 0.1) is 36.9 Å². The zero-order valence-corrected chi connectivity index (χ0v) is 28.0. The molecular formula is C34H38O18. The van der Waals surface area contributed by atoms with Crippen LogP contribution in [0.5, 0.6) is 11.5 Å². The summed E-state index contributed by atoms with van der Waals surface area (Å²) >= 11 is 0. The minimum atomic E-state index is -2.59. The van der Waals surface area contributed by atoms with Crippen LogP contribution in [0.25, 0.3) is 0 Å². The molecule has 1 spiro atoms. The Morgan fingerprint density at radius 3 is 2.29 bits per heavy atom. The van der Waals surface area contributed by atoms with Gasteiger partial charge in [0.1, 0.15) is 11.9 Å². The Morgan fingerprint density at radius 2 is 1.65 bits per heavy atom. The summed E-state index contributed by atoms with van der Waals surface area (Å²) in [7, 11) is 1.46. The summed E-state index contributed by atoms with van der Waals surface area (Å²) in [4.78, 5) is 85.5. The molecule has 1 aromatic rings. The first-order valence-electron chi connectivity index (χ1n) is 16.4. The number of carboxylic acid groups (broad SMARTS) is 3. The van der Waals surface area contributed by atoms with Crippen molar-refractivity contribution in [3.05, 3.63) is 35.1 Å². The van der Waals surface area contributed by atoms with Crippen LogP contribution in [0.3, 0.4) is 0 Å². The van der Waals surface area contributed by atoms with Gasteiger partial charge in [-0.3, -0.25) is 19.2 Å². The number of ketones is 1. The highest BCUT2D eigenvalue weighted by atomic mass is 16.6. The van der Waals surface area contributed by atoms with Crippen LogP contribution in [0.4, 0.5) is 0 Å². The smallest absolute Gasteiger partial charge is 0.348 e. The maximum Gasteiger partial charge on any atom is 0.348 e. The molecule has 4 aliphatic rings. The Balaban J connectivity index is 1.37. The molecule has 1 fully saturated rings. The molecule has 9 atom stereocenters. The van der Waals surface area contributed by atoms with Gasteiger partial charge in [-0.05, 0) is 56.2 Å². The molecule has 1 saturated carbocycles. The van der Waals surface area contributed by atoms with Crippen molar-refractivity contribution in [1.29, 1.82) is 0 Å². The van der Waals surface area contributed by atoms with Gasteiger partial charge in [-0.15, -0.1) is 0 Å². The molecule has 1 heterocycles. The predicted octanol–water partition coefficient (Wildman–Crippen LogP) is -0.213. The minimum absolute atomic E-state index is 0.0105. The van der Waals surface area contributed by atoms with Gasteiger partial charge in [0.2, 0.25) is 6.10 Å². The summed E-state index contributed by atoms with van der Waals surface area (Å²) in [5.74, 6) is -12.0. The first-order chi connectivity index (χ1) is 24.4. The van der Waals surface area contributed by atoms with Crippen molar-refractivity contribution in [3.63, 3.8) is 0 Å². The number of rotatable bonds is 16. The number of hydrogen-bond acceptors (Lipinski definition) is 15. The van der Waals surface area contributed by atoms with Crippen molar-refractivity contribution in [2.45, 2.75) is 99.8 Å². The van der Waals surface area contributed by atoms with Crippen LogP contribution in [0.2, 0.25) is 0 Å². The highest BCUT2D eigenvalue weighted by molar-refractivity contribution is 5.93. The van der Waals surface area contributed by atoms with E-state index in [0.29, 0.717) is 24.3 Å². The molecule has 5 rings (SSSR count). The van der Waals surface area contributed by atoms with Gasteiger partial charge in [-0.25, -0.2) is 14.4 Å². The van der Waals surface area contributed by atoms with Gasteiger partial charge in [0.15, 0.2) is 35.6 Å². The maximum absolute atomic E-state index is 13.5. The van der Waals surface area contributed by atoms with Crippen molar-refractivity contribution in [1.82, 2.24) is 0 Å². The Morgan fingerprint density at radius 1 is 0.942 bits per heavy atom. The number of carbonyl (C=O) groups excluding carboxylic acids is 4. The van der Waals surface area contributed by atoms with Crippen molar-refractivity contribution >= 4 is 41.6 Å². The lowest BCUT2D eigenvalue weighted by atomic mass is 9.47. The zero-order valence-electron chi connectivity index (χ0n) is 28.0. The lowest BCUT2D eigenvalue weighted by molar-refractivity contribution is -0.179. The van der Waals surface area contributed by atoms with Gasteiger partial charge in [-0.2, -0.15) is 0 Å². The third-order valence-electron chi connectivity index (χ3n) is 10.3. The number of hydrogen-bond donors (Lipinski definition) is 6. The SMILES string of the molecule is COc1ccc2c3c1O[C@@H]1C(OC(=O)C[C@H](CC(=O)[C@H](O)[C@@H](O)C(=O)O)C(=O)O[C@@H](C)C(=O)O[C@@H](CC(=O)O)C(=O)O)=CC[C@]4(O)[C@@H](CCC[C@@]314)C2. The van der Waals surface area contributed by atoms with E-state index in [-0.39, 0.29) is 18.1 Å². The average Bonchev–Trinajstić information content (AvgIpc) is 3.43. The number of aliphatic hydroxyl groups is 3. The maximum atomic E-state index is 13.5. The molecule has 0 amide bonds. The number of benzene rings is 1. The number of Topliss-reactive ketones (excluding diaryl/α,β-unsaturated/α-hetero) is 1. The number of aliphatic carboxylic acids is 3. The fourth-order valence-corrected chi connectivity index (χ4v) is 7.86. The number of ether oxygens (including phenoxy) is 5. The second-order valence-corrected chi connectivity index (χ2v) is 13.3. The topological polar surface area (TPSA) is 287 Å². The second kappa shape index (κ2) is 14.5. The van der Waals surface area contributed by atoms with Gasteiger partial charge in [0.25, 0.3) is 0 Å². The summed E-state index contributed by atoms with van der Waals surface area (Å²) in [6.45, 7) is 0.937. The molecule has 282 valence electrons. The second-order valence-electron chi connectivity index (χ2n) is 13.3. The molecule has 18 heteroatoms. The minimum Gasteiger partial charge on any atom is -0.493 e. The first-order valence-corrected chi connectivity index (χ1v) is 16.4. The summed E-state index contributed by atoms with van der Waals surface area (Å²) in [6, 6.07) is 3.67. The quantitative estimate of drug-likeness (QED) is 0.0946. The lowest BCUT2D eigenvalue weighted by Gasteiger charge is -2.59. The number of esters is 3. The van der Waals surface area contributed by atoms with Gasteiger partial charge in [0, 0.05) is 12.0 Å². The van der Waals surface area contributed by atoms with Gasteiger partial charge in [-0.1, -0.05) is 12.5 Å². The summed E-state index contributed by atoms with van der Waals surface area (Å²) < 4.78 is 27.3. The molecule has 2 bridgehead atoms. The molecule has 18 nitrogen and oxygen atoms in total. The van der Waals surface area contributed by atoms with Crippen molar-refractivity contribution in [2.75, 3.05) is 7.11 Å². The number of methoxy groups -OCH3 is 1. The van der Waals surface area contributed by atoms with E-state index in [1.165, 1.54) is 13.2 Å². The van der Waals surface area contributed by atoms with Crippen LogP contribution in [0.1, 0.15) is 63.0 Å². The molecule has 52 heavy (non-hydrogen) atoms. The summed E-state index contributed by atoms with van der Waals surface area (Å²) in [6.07, 6.45) is -9.10. The molecule has 1 aliphatic heterocycles. The molecular weight excluding hydrogens is 696 g/mol. The van der Waals surface area contributed by atoms with Crippen LogP contribution >= 0.6 is 0 Å². The summed E-state index contributed by atoms with van der Waals surface area (Å²) in [5, 5.41) is 59.1. The van der Waals surface area contributed by atoms with Crippen molar-refractivity contribution < 1.29 is 87.9 Å². The molecule has 0 radical (unpaired) electrons. The molecule has 6 N–H and O–H groups in total. The van der Waals surface area contributed by atoms with E-state index in [2.05, 4.69) is 4.74 Å². The van der Waals surface area contributed by atoms with Gasteiger partial charge >= 0.3 is 35.8 Å². The van der Waals surface area contributed by atoms with E-state index in [1.807, 2.05) is 6.07 Å². The van der Waals surface area contributed by atoms with Crippen LogP contribution in [0, 0.1) is 11.8 Å². The largest absolute Gasteiger partial charge is 0.493 e. The fourth-order valence-electron chi connectivity index (χ4n) is 7.86. The van der Waals surface area contributed by atoms with E-state index >= 15 is 0 Å². The van der Waals surface area contributed by atoms with Gasteiger partial charge < -0.3 is 54.3 Å². The zero-order chi connectivity index (χ0) is 38.3. The Bertz CT molecular complexity index is 1720. The highest BCUT2D eigenvalue weighted by Crippen LogP contribution is 2.67. The lowest BCUT2D eigenvalue weighted by Crippen LogP contribution is -2.67. The van der Waals surface area contributed by atoms with Crippen molar-refractivity contribution in [2.24, 2.45) is 11.8 Å². The molecule has 0 unspecified atom stereocenters. The van der Waals surface area contributed by atoms with Crippen LogP contribution < -0.4 is 9.47 Å².